The zero-order chi connectivity index (χ0) is 24.9. The number of hydrogen-bond acceptors (Lipinski definition) is 9. The maximum Gasteiger partial charge on any atom is 0.428 e. The highest BCUT2D eigenvalue weighted by Gasteiger charge is 2.51. The smallest absolute Gasteiger partial charge is 0.428 e. The average molecular weight is 537 g/mol. The molecular weight excluding hydrogens is 512 g/mol. The monoisotopic (exact) mass is 536 g/mol. The predicted octanol–water partition coefficient (Wildman–Crippen LogP) is 1.69. The normalized spacial score (nSPS) is 24.7. The Morgan fingerprint density at radius 3 is 2.65 bits per heavy atom. The summed E-state index contributed by atoms with van der Waals surface area (Å²) in [5.74, 6) is -1.41. The lowest BCUT2D eigenvalue weighted by Gasteiger charge is -2.45. The quantitative estimate of drug-likeness (QED) is 0.365. The number of carbonyl (C=O) groups is 3. The van der Waals surface area contributed by atoms with Gasteiger partial charge in [0.15, 0.2) is 5.60 Å². The van der Waals surface area contributed by atoms with Crippen molar-refractivity contribution in [2.24, 2.45) is 10.5 Å². The highest BCUT2D eigenvalue weighted by Crippen LogP contribution is 2.47. The second-order valence-corrected chi connectivity index (χ2v) is 9.12. The molecule has 1 aliphatic carbocycles. The van der Waals surface area contributed by atoms with E-state index in [0.717, 1.165) is 0 Å². The molecule has 1 aromatic rings. The molecule has 182 valence electrons. The van der Waals surface area contributed by atoms with E-state index in [0.29, 0.717) is 53.7 Å². The Labute approximate surface area is 204 Å². The minimum absolute atomic E-state index is 0.316. The van der Waals surface area contributed by atoms with Crippen LogP contribution in [0.4, 0.5) is 4.79 Å². The maximum atomic E-state index is 12.1. The van der Waals surface area contributed by atoms with Crippen LogP contribution in [0.15, 0.2) is 21.8 Å². The van der Waals surface area contributed by atoms with Crippen molar-refractivity contribution in [1.82, 2.24) is 21.2 Å². The molecule has 0 unspecified atom stereocenters. The Morgan fingerprint density at radius 2 is 2.03 bits per heavy atom. The van der Waals surface area contributed by atoms with Gasteiger partial charge in [0, 0.05) is 28.3 Å². The summed E-state index contributed by atoms with van der Waals surface area (Å²) < 4.78 is 11.6. The van der Waals surface area contributed by atoms with Crippen LogP contribution in [0.25, 0.3) is 0 Å². The molecule has 0 bridgehead atoms. The summed E-state index contributed by atoms with van der Waals surface area (Å²) in [4.78, 5) is 44.3. The Bertz CT molecular complexity index is 1050. The number of nitriles is 1. The topological polar surface area (TPSA) is 164 Å². The van der Waals surface area contributed by atoms with Crippen LogP contribution >= 0.6 is 15.9 Å². The first kappa shape index (κ1) is 25.4. The molecule has 1 aliphatic heterocycles. The Morgan fingerprint density at radius 1 is 1.32 bits per heavy atom. The fraction of sp³-hybridized carbons (Fsp3) is 0.524. The van der Waals surface area contributed by atoms with E-state index in [-0.39, 0.29) is 0 Å². The van der Waals surface area contributed by atoms with E-state index in [2.05, 4.69) is 47.7 Å². The van der Waals surface area contributed by atoms with Crippen molar-refractivity contribution < 1.29 is 28.7 Å². The standard InChI is InChI=1S/C21H25BrN6O6/c1-12(25-17(29)18(30)28-33-3)9-20(11-23)4-6-21(7-5-20)16(26-27-19(31)34-21)13-8-15(32-2)24-10-14(13)22/h8,10,12H,4-7,9H2,1-3H3,(H,25,29)(H,27,31)(H,28,30)/t12-,20?,21?/m0/s1. The zero-order valence-corrected chi connectivity index (χ0v) is 20.5. The van der Waals surface area contributed by atoms with Crippen LogP contribution in [0.5, 0.6) is 5.88 Å². The fourth-order valence-corrected chi connectivity index (χ4v) is 4.77. The third-order valence-corrected chi connectivity index (χ3v) is 6.63. The van der Waals surface area contributed by atoms with Crippen LogP contribution in [0, 0.1) is 16.7 Å². The first-order valence-corrected chi connectivity index (χ1v) is 11.3. The number of rotatable bonds is 6. The molecule has 0 radical (unpaired) electrons. The van der Waals surface area contributed by atoms with Gasteiger partial charge in [-0.25, -0.2) is 20.7 Å². The van der Waals surface area contributed by atoms with Gasteiger partial charge >= 0.3 is 17.9 Å². The number of nitrogens with zero attached hydrogens (tertiary/aromatic N) is 3. The van der Waals surface area contributed by atoms with E-state index < -0.39 is 35.0 Å². The number of hydrogen-bond donors (Lipinski definition) is 3. The van der Waals surface area contributed by atoms with Crippen LogP contribution in [0.3, 0.4) is 0 Å². The Kier molecular flexibility index (Phi) is 7.73. The van der Waals surface area contributed by atoms with Crippen molar-refractivity contribution in [3.8, 4) is 11.9 Å². The van der Waals surface area contributed by atoms with E-state index >= 15 is 0 Å². The van der Waals surface area contributed by atoms with Crippen molar-refractivity contribution in [3.05, 3.63) is 22.3 Å². The second kappa shape index (κ2) is 10.4. The number of aromatic nitrogens is 1. The molecule has 34 heavy (non-hydrogen) atoms. The van der Waals surface area contributed by atoms with E-state index in [9.17, 15) is 19.6 Å². The number of pyridine rings is 1. The van der Waals surface area contributed by atoms with Gasteiger partial charge in [-0.2, -0.15) is 10.4 Å². The van der Waals surface area contributed by atoms with Crippen LogP contribution in [-0.2, 0) is 19.2 Å². The molecule has 12 nitrogen and oxygen atoms in total. The molecule has 0 aromatic carbocycles. The molecule has 1 aromatic heterocycles. The van der Waals surface area contributed by atoms with E-state index in [1.807, 2.05) is 5.48 Å². The average Bonchev–Trinajstić information content (AvgIpc) is 2.81. The summed E-state index contributed by atoms with van der Waals surface area (Å²) in [7, 11) is 2.72. The van der Waals surface area contributed by atoms with Gasteiger partial charge in [-0.05, 0) is 55.0 Å². The van der Waals surface area contributed by atoms with Crippen LogP contribution < -0.4 is 21.0 Å². The summed E-state index contributed by atoms with van der Waals surface area (Å²) in [6, 6.07) is 3.62. The van der Waals surface area contributed by atoms with Crippen molar-refractivity contribution in [2.45, 2.75) is 50.7 Å². The summed E-state index contributed by atoms with van der Waals surface area (Å²) in [5.41, 5.74) is 3.65. The first-order valence-electron chi connectivity index (χ1n) is 10.5. The number of nitrogens with one attached hydrogen (secondary N) is 3. The lowest BCUT2D eigenvalue weighted by atomic mass is 9.65. The molecule has 3 N–H and O–H groups in total. The molecule has 1 atom stereocenters. The first-order chi connectivity index (χ1) is 16.2. The minimum atomic E-state index is -1.04. The Hall–Kier alpha value is -3.24. The molecule has 13 heteroatoms. The van der Waals surface area contributed by atoms with E-state index in [4.69, 9.17) is 9.47 Å². The van der Waals surface area contributed by atoms with Gasteiger partial charge in [0.25, 0.3) is 0 Å². The zero-order valence-electron chi connectivity index (χ0n) is 18.9. The number of ether oxygens (including phenoxy) is 2. The summed E-state index contributed by atoms with van der Waals surface area (Å²) in [5, 5.41) is 16.9. The molecule has 2 aliphatic rings. The highest BCUT2D eigenvalue weighted by molar-refractivity contribution is 9.10. The van der Waals surface area contributed by atoms with Crippen LogP contribution in [0.2, 0.25) is 0 Å². The van der Waals surface area contributed by atoms with Crippen LogP contribution in [-0.4, -0.2) is 54.5 Å². The van der Waals surface area contributed by atoms with Crippen molar-refractivity contribution in [3.63, 3.8) is 0 Å². The lowest BCUT2D eigenvalue weighted by Crippen LogP contribution is -2.54. The van der Waals surface area contributed by atoms with Gasteiger partial charge in [-0.15, -0.1) is 0 Å². The number of hydroxylamine groups is 1. The van der Waals surface area contributed by atoms with Gasteiger partial charge in [0.2, 0.25) is 5.88 Å². The van der Waals surface area contributed by atoms with Crippen molar-refractivity contribution in [2.75, 3.05) is 14.2 Å². The lowest BCUT2D eigenvalue weighted by molar-refractivity contribution is -0.146. The molecule has 2 heterocycles. The minimum Gasteiger partial charge on any atom is -0.481 e. The van der Waals surface area contributed by atoms with Crippen molar-refractivity contribution >= 4 is 39.5 Å². The fourth-order valence-electron chi connectivity index (χ4n) is 4.37. The summed E-state index contributed by atoms with van der Waals surface area (Å²) >= 11 is 3.47. The molecular formula is C21H25BrN6O6. The number of amides is 3. The number of methoxy groups -OCH3 is 1. The third-order valence-electron chi connectivity index (χ3n) is 6.00. The second-order valence-electron chi connectivity index (χ2n) is 8.27. The molecule has 0 saturated heterocycles. The number of carbonyl (C=O) groups excluding carboxylic acids is 3. The largest absolute Gasteiger partial charge is 0.481 e. The molecule has 1 saturated carbocycles. The predicted molar refractivity (Wildman–Crippen MR) is 121 cm³/mol. The molecule has 3 amide bonds. The SMILES string of the molecule is CONC(=O)C(=O)N[C@@H](C)CC1(C#N)CCC2(CC1)OC(=O)NN=C2c1cc(OC)ncc1Br. The molecule has 3 rings (SSSR count). The van der Waals surface area contributed by atoms with E-state index in [1.165, 1.54) is 14.2 Å². The summed E-state index contributed by atoms with van der Waals surface area (Å²) in [6.07, 6.45) is 2.68. The van der Waals surface area contributed by atoms with Crippen molar-refractivity contribution in [1.29, 1.82) is 5.26 Å². The van der Waals surface area contributed by atoms with E-state index in [1.54, 1.807) is 19.2 Å². The van der Waals surface area contributed by atoms with Gasteiger partial charge in [-0.3, -0.25) is 14.4 Å². The van der Waals surface area contributed by atoms with Gasteiger partial charge < -0.3 is 14.8 Å². The number of halogens is 1. The summed E-state index contributed by atoms with van der Waals surface area (Å²) in [6.45, 7) is 1.72. The molecule has 1 spiro atoms. The van der Waals surface area contributed by atoms with Gasteiger partial charge in [0.1, 0.15) is 5.71 Å². The van der Waals surface area contributed by atoms with Crippen LogP contribution in [0.1, 0.15) is 44.6 Å². The Balaban J connectivity index is 1.79. The van der Waals surface area contributed by atoms with Gasteiger partial charge in [-0.1, -0.05) is 0 Å². The maximum absolute atomic E-state index is 12.1. The molecule has 1 fully saturated rings. The number of hydrazone groups is 1. The third kappa shape index (κ3) is 5.28. The van der Waals surface area contributed by atoms with Gasteiger partial charge in [0.05, 0.1) is 25.7 Å². The highest BCUT2D eigenvalue weighted by atomic mass is 79.9.